The van der Waals surface area contributed by atoms with Gasteiger partial charge in [-0.1, -0.05) is 6.07 Å². The van der Waals surface area contributed by atoms with Gasteiger partial charge in [0.2, 0.25) is 5.91 Å². The molecule has 0 saturated carbocycles. The zero-order valence-electron chi connectivity index (χ0n) is 7.59. The molecule has 0 saturated heterocycles. The molecule has 1 aromatic carbocycles. The van der Waals surface area contributed by atoms with Crippen LogP contribution in [0.2, 0.25) is 0 Å². The molecule has 1 aromatic rings. The maximum atomic E-state index is 11.0. The van der Waals surface area contributed by atoms with Gasteiger partial charge in [-0.25, -0.2) is 0 Å². The monoisotopic (exact) mass is 174 g/mol. The van der Waals surface area contributed by atoms with Gasteiger partial charge in [0.25, 0.3) is 0 Å². The summed E-state index contributed by atoms with van der Waals surface area (Å²) in [5.41, 5.74) is 7.54. The fourth-order valence-corrected chi connectivity index (χ4v) is 1.31. The molecule has 66 valence electrons. The van der Waals surface area contributed by atoms with E-state index in [2.05, 4.69) is 0 Å². The molecule has 0 atom stereocenters. The van der Waals surface area contributed by atoms with Crippen molar-refractivity contribution in [2.75, 3.05) is 0 Å². The largest absolute Gasteiger partial charge is 0.366 e. The first kappa shape index (κ1) is 9.27. The molecule has 0 heterocycles. The number of nitrogens with zero attached hydrogens (tertiary/aromatic N) is 1. The molecule has 1 amide bonds. The molecule has 0 spiro atoms. The van der Waals surface area contributed by atoms with Crippen LogP contribution < -0.4 is 5.73 Å². The van der Waals surface area contributed by atoms with Crippen molar-refractivity contribution in [3.8, 4) is 6.07 Å². The fraction of sp³-hybridized carbons (Fsp3) is 0.200. The summed E-state index contributed by atoms with van der Waals surface area (Å²) in [6.45, 7) is 3.65. The molecule has 0 aliphatic carbocycles. The fourth-order valence-electron chi connectivity index (χ4n) is 1.31. The lowest BCUT2D eigenvalue weighted by atomic mass is 9.99. The van der Waals surface area contributed by atoms with Crippen molar-refractivity contribution in [1.29, 1.82) is 5.26 Å². The van der Waals surface area contributed by atoms with E-state index in [4.69, 9.17) is 11.0 Å². The summed E-state index contributed by atoms with van der Waals surface area (Å²) in [7, 11) is 0. The van der Waals surface area contributed by atoms with Gasteiger partial charge >= 0.3 is 0 Å². The number of hydrogen-bond acceptors (Lipinski definition) is 2. The molecule has 0 fully saturated rings. The smallest absolute Gasteiger partial charge is 0.250 e. The average Bonchev–Trinajstić information content (AvgIpc) is 2.02. The van der Waals surface area contributed by atoms with Crippen LogP contribution in [0.4, 0.5) is 0 Å². The number of nitriles is 1. The quantitative estimate of drug-likeness (QED) is 0.696. The number of amides is 1. The molecule has 1 rings (SSSR count). The number of benzene rings is 1. The van der Waals surface area contributed by atoms with Crippen LogP contribution in [-0.4, -0.2) is 5.91 Å². The van der Waals surface area contributed by atoms with Gasteiger partial charge in [0.1, 0.15) is 6.07 Å². The van der Waals surface area contributed by atoms with E-state index in [1.54, 1.807) is 13.0 Å². The number of primary amides is 1. The third kappa shape index (κ3) is 1.67. The predicted octanol–water partition coefficient (Wildman–Crippen LogP) is 1.27. The zero-order valence-corrected chi connectivity index (χ0v) is 7.59. The Bertz CT molecular complexity index is 402. The van der Waals surface area contributed by atoms with Gasteiger partial charge in [-0.05, 0) is 31.0 Å². The Balaban J connectivity index is 3.50. The Kier molecular flexibility index (Phi) is 2.34. The topological polar surface area (TPSA) is 66.9 Å². The van der Waals surface area contributed by atoms with Crippen LogP contribution in [0.5, 0.6) is 0 Å². The van der Waals surface area contributed by atoms with Gasteiger partial charge in [0.05, 0.1) is 11.1 Å². The Labute approximate surface area is 76.8 Å². The number of carbonyl (C=O) groups excluding carboxylic acids is 1. The van der Waals surface area contributed by atoms with E-state index in [1.807, 2.05) is 19.1 Å². The van der Waals surface area contributed by atoms with Crippen LogP contribution in [0.3, 0.4) is 0 Å². The van der Waals surface area contributed by atoms with Crippen LogP contribution in [0, 0.1) is 25.2 Å². The van der Waals surface area contributed by atoms with Crippen LogP contribution in [0.1, 0.15) is 27.0 Å². The summed E-state index contributed by atoms with van der Waals surface area (Å²) in [6, 6.07) is 5.46. The number of hydrogen-bond donors (Lipinski definition) is 1. The Hall–Kier alpha value is -1.82. The first-order valence-electron chi connectivity index (χ1n) is 3.87. The third-order valence-corrected chi connectivity index (χ3v) is 1.86. The van der Waals surface area contributed by atoms with Crippen molar-refractivity contribution in [3.05, 3.63) is 34.4 Å². The Morgan fingerprint density at radius 1 is 1.46 bits per heavy atom. The summed E-state index contributed by atoms with van der Waals surface area (Å²) in [6.07, 6.45) is 0. The zero-order chi connectivity index (χ0) is 10.0. The summed E-state index contributed by atoms with van der Waals surface area (Å²) in [4.78, 5) is 11.0. The minimum Gasteiger partial charge on any atom is -0.366 e. The van der Waals surface area contributed by atoms with Crippen LogP contribution in [0.15, 0.2) is 12.1 Å². The van der Waals surface area contributed by atoms with Crippen molar-refractivity contribution >= 4 is 5.91 Å². The Morgan fingerprint density at radius 2 is 2.08 bits per heavy atom. The maximum Gasteiger partial charge on any atom is 0.250 e. The second-order valence-corrected chi connectivity index (χ2v) is 2.98. The number of aryl methyl sites for hydroxylation is 2. The van der Waals surface area contributed by atoms with Crippen LogP contribution in [0.25, 0.3) is 0 Å². The number of carbonyl (C=O) groups is 1. The van der Waals surface area contributed by atoms with E-state index in [9.17, 15) is 4.79 Å². The van der Waals surface area contributed by atoms with E-state index >= 15 is 0 Å². The molecular formula is C10H10N2O. The average molecular weight is 174 g/mol. The summed E-state index contributed by atoms with van der Waals surface area (Å²) in [5.74, 6) is -0.552. The lowest BCUT2D eigenvalue weighted by molar-refractivity contribution is 0.1000. The van der Waals surface area contributed by atoms with Gasteiger partial charge < -0.3 is 5.73 Å². The molecular weight excluding hydrogens is 164 g/mol. The SMILES string of the molecule is Cc1cc(C)c(C#N)c(C(N)=O)c1. The Morgan fingerprint density at radius 3 is 2.54 bits per heavy atom. The second-order valence-electron chi connectivity index (χ2n) is 2.98. The van der Waals surface area contributed by atoms with E-state index in [-0.39, 0.29) is 0 Å². The van der Waals surface area contributed by atoms with Crippen molar-refractivity contribution in [2.45, 2.75) is 13.8 Å². The molecule has 3 nitrogen and oxygen atoms in total. The molecule has 0 radical (unpaired) electrons. The predicted molar refractivity (Wildman–Crippen MR) is 49.1 cm³/mol. The molecule has 0 aliphatic rings. The molecule has 0 aromatic heterocycles. The minimum atomic E-state index is -0.552. The summed E-state index contributed by atoms with van der Waals surface area (Å²) in [5, 5.41) is 8.78. The van der Waals surface area contributed by atoms with Gasteiger partial charge in [0, 0.05) is 0 Å². The lowest BCUT2D eigenvalue weighted by Gasteiger charge is -2.04. The van der Waals surface area contributed by atoms with Gasteiger partial charge in [-0.3, -0.25) is 4.79 Å². The normalized spacial score (nSPS) is 9.31. The van der Waals surface area contributed by atoms with E-state index in [0.717, 1.165) is 11.1 Å². The van der Waals surface area contributed by atoms with E-state index in [1.165, 1.54) is 0 Å². The summed E-state index contributed by atoms with van der Waals surface area (Å²) >= 11 is 0. The first-order valence-corrected chi connectivity index (χ1v) is 3.87. The molecule has 0 unspecified atom stereocenters. The van der Waals surface area contributed by atoms with Gasteiger partial charge in [-0.2, -0.15) is 5.26 Å². The van der Waals surface area contributed by atoms with Gasteiger partial charge in [0.15, 0.2) is 0 Å². The highest BCUT2D eigenvalue weighted by Gasteiger charge is 2.10. The highest BCUT2D eigenvalue weighted by molar-refractivity contribution is 5.95. The van der Waals surface area contributed by atoms with Gasteiger partial charge in [-0.15, -0.1) is 0 Å². The van der Waals surface area contributed by atoms with Crippen molar-refractivity contribution in [3.63, 3.8) is 0 Å². The number of rotatable bonds is 1. The van der Waals surface area contributed by atoms with Crippen molar-refractivity contribution in [2.24, 2.45) is 5.73 Å². The standard InChI is InChI=1S/C10H10N2O/c1-6-3-7(2)9(5-11)8(4-6)10(12)13/h3-4H,1-2H3,(H2,12,13). The third-order valence-electron chi connectivity index (χ3n) is 1.86. The highest BCUT2D eigenvalue weighted by Crippen LogP contribution is 2.15. The lowest BCUT2D eigenvalue weighted by Crippen LogP contribution is -2.13. The first-order chi connectivity index (χ1) is 6.06. The van der Waals surface area contributed by atoms with Crippen LogP contribution >= 0.6 is 0 Å². The second kappa shape index (κ2) is 3.28. The minimum absolute atomic E-state index is 0.306. The summed E-state index contributed by atoms with van der Waals surface area (Å²) < 4.78 is 0. The number of nitrogens with two attached hydrogens (primary N) is 1. The molecule has 0 aliphatic heterocycles. The van der Waals surface area contributed by atoms with Crippen molar-refractivity contribution < 1.29 is 4.79 Å². The van der Waals surface area contributed by atoms with Crippen molar-refractivity contribution in [1.82, 2.24) is 0 Å². The van der Waals surface area contributed by atoms with Crippen LogP contribution in [-0.2, 0) is 0 Å². The molecule has 0 bridgehead atoms. The molecule has 2 N–H and O–H groups in total. The molecule has 13 heavy (non-hydrogen) atoms. The van der Waals surface area contributed by atoms with E-state index in [0.29, 0.717) is 11.1 Å². The van der Waals surface area contributed by atoms with E-state index < -0.39 is 5.91 Å². The maximum absolute atomic E-state index is 11.0. The highest BCUT2D eigenvalue weighted by atomic mass is 16.1. The molecule has 3 heteroatoms.